The Kier molecular flexibility index (Phi) is 1.71. The molecule has 0 unspecified atom stereocenters. The van der Waals surface area contributed by atoms with E-state index in [1.54, 1.807) is 0 Å². The molecule has 0 radical (unpaired) electrons. The minimum Gasteiger partial charge on any atom is -0.464 e. The molecule has 2 heteroatoms. The van der Waals surface area contributed by atoms with Crippen molar-refractivity contribution in [2.45, 2.75) is 31.7 Å². The van der Waals surface area contributed by atoms with Gasteiger partial charge in [0.15, 0.2) is 0 Å². The van der Waals surface area contributed by atoms with Crippen molar-refractivity contribution in [1.82, 2.24) is 0 Å². The van der Waals surface area contributed by atoms with Gasteiger partial charge in [-0.3, -0.25) is 0 Å². The Bertz CT molecular complexity index is 508. The number of furan rings is 1. The summed E-state index contributed by atoms with van der Waals surface area (Å²) in [6, 6.07) is 6.38. The van der Waals surface area contributed by atoms with Crippen molar-refractivity contribution in [2.75, 3.05) is 0 Å². The third-order valence-corrected chi connectivity index (χ3v) is 3.28. The van der Waals surface area contributed by atoms with E-state index in [1.165, 1.54) is 16.5 Å². The van der Waals surface area contributed by atoms with Crippen molar-refractivity contribution in [1.29, 1.82) is 0 Å². The third-order valence-electron chi connectivity index (χ3n) is 3.28. The van der Waals surface area contributed by atoms with Crippen LogP contribution in [0.2, 0.25) is 0 Å². The van der Waals surface area contributed by atoms with Gasteiger partial charge in [-0.2, -0.15) is 0 Å². The zero-order chi connectivity index (χ0) is 10.5. The molecule has 1 saturated carbocycles. The van der Waals surface area contributed by atoms with Gasteiger partial charge in [-0.25, -0.2) is 0 Å². The quantitative estimate of drug-likeness (QED) is 0.811. The lowest BCUT2D eigenvalue weighted by Crippen LogP contribution is -2.24. The van der Waals surface area contributed by atoms with Crippen LogP contribution in [0.5, 0.6) is 0 Å². The zero-order valence-electron chi connectivity index (χ0n) is 8.92. The van der Waals surface area contributed by atoms with Crippen molar-refractivity contribution in [3.63, 3.8) is 0 Å². The fraction of sp³-hybridized carbons (Fsp3) is 0.385. The van der Waals surface area contributed by atoms with Gasteiger partial charge in [-0.05, 0) is 49.4 Å². The summed E-state index contributed by atoms with van der Waals surface area (Å²) in [4.78, 5) is 0. The number of hydrogen-bond acceptors (Lipinski definition) is 2. The molecule has 1 fully saturated rings. The van der Waals surface area contributed by atoms with Crippen molar-refractivity contribution in [3.05, 3.63) is 35.6 Å². The molecule has 0 amide bonds. The molecule has 1 aromatic carbocycles. The van der Waals surface area contributed by atoms with E-state index in [0.29, 0.717) is 0 Å². The highest BCUT2D eigenvalue weighted by molar-refractivity contribution is 5.81. The van der Waals surface area contributed by atoms with E-state index in [4.69, 9.17) is 10.2 Å². The fourth-order valence-corrected chi connectivity index (χ4v) is 2.06. The highest BCUT2D eigenvalue weighted by Gasteiger charge is 2.37. The number of nitrogens with two attached hydrogens (primary N) is 1. The molecule has 2 aromatic rings. The minimum atomic E-state index is 0.0886. The first-order chi connectivity index (χ1) is 7.16. The van der Waals surface area contributed by atoms with Crippen LogP contribution in [-0.4, -0.2) is 5.54 Å². The summed E-state index contributed by atoms with van der Waals surface area (Å²) in [5, 5.41) is 1.22. The monoisotopic (exact) mass is 201 g/mol. The lowest BCUT2D eigenvalue weighted by atomic mass is 10.0. The Morgan fingerprint density at radius 3 is 2.93 bits per heavy atom. The van der Waals surface area contributed by atoms with Crippen LogP contribution in [0.1, 0.15) is 24.0 Å². The molecule has 0 bridgehead atoms. The standard InChI is InChI=1S/C13H15NO/c1-9-8-15-12-3-2-10(6-11(9)12)7-13(14)4-5-13/h2-3,6,8H,4-5,7,14H2,1H3. The predicted molar refractivity (Wildman–Crippen MR) is 60.8 cm³/mol. The first kappa shape index (κ1) is 8.98. The molecule has 1 aliphatic rings. The highest BCUT2D eigenvalue weighted by atomic mass is 16.3. The Morgan fingerprint density at radius 2 is 2.20 bits per heavy atom. The van der Waals surface area contributed by atoms with Gasteiger partial charge >= 0.3 is 0 Å². The van der Waals surface area contributed by atoms with Crippen molar-refractivity contribution < 1.29 is 4.42 Å². The molecule has 1 aliphatic carbocycles. The molecule has 78 valence electrons. The maximum atomic E-state index is 6.11. The van der Waals surface area contributed by atoms with Crippen LogP contribution >= 0.6 is 0 Å². The van der Waals surface area contributed by atoms with E-state index in [-0.39, 0.29) is 5.54 Å². The Morgan fingerprint density at radius 1 is 1.40 bits per heavy atom. The summed E-state index contributed by atoms with van der Waals surface area (Å²) in [6.45, 7) is 2.07. The van der Waals surface area contributed by atoms with Crippen LogP contribution in [0.15, 0.2) is 28.9 Å². The molecular weight excluding hydrogens is 186 g/mol. The fourth-order valence-electron chi connectivity index (χ4n) is 2.06. The number of hydrogen-bond donors (Lipinski definition) is 1. The molecule has 0 saturated heterocycles. The molecule has 0 atom stereocenters. The Labute approximate surface area is 89.1 Å². The molecule has 0 spiro atoms. The molecule has 3 rings (SSSR count). The third kappa shape index (κ3) is 1.55. The van der Waals surface area contributed by atoms with Gasteiger partial charge in [0, 0.05) is 10.9 Å². The SMILES string of the molecule is Cc1coc2ccc(CC3(N)CC3)cc12. The summed E-state index contributed by atoms with van der Waals surface area (Å²) < 4.78 is 5.42. The first-order valence-corrected chi connectivity index (χ1v) is 5.42. The summed E-state index contributed by atoms with van der Waals surface area (Å²) in [7, 11) is 0. The Balaban J connectivity index is 2.01. The average Bonchev–Trinajstić information content (AvgIpc) is 2.82. The summed E-state index contributed by atoms with van der Waals surface area (Å²) in [5.41, 5.74) is 9.70. The van der Waals surface area contributed by atoms with Gasteiger partial charge in [0.1, 0.15) is 5.58 Å². The summed E-state index contributed by atoms with van der Waals surface area (Å²) in [5.74, 6) is 0. The summed E-state index contributed by atoms with van der Waals surface area (Å²) in [6.07, 6.45) is 5.13. The van der Waals surface area contributed by atoms with Crippen LogP contribution < -0.4 is 5.73 Å². The topological polar surface area (TPSA) is 39.2 Å². The van der Waals surface area contributed by atoms with Gasteiger partial charge in [0.05, 0.1) is 6.26 Å². The van der Waals surface area contributed by atoms with Gasteiger partial charge < -0.3 is 10.2 Å². The van der Waals surface area contributed by atoms with E-state index in [0.717, 1.165) is 24.8 Å². The molecule has 1 aromatic heterocycles. The Hall–Kier alpha value is -1.28. The minimum absolute atomic E-state index is 0.0886. The lowest BCUT2D eigenvalue weighted by molar-refractivity contribution is 0.612. The number of rotatable bonds is 2. The summed E-state index contributed by atoms with van der Waals surface area (Å²) >= 11 is 0. The molecular formula is C13H15NO. The number of fused-ring (bicyclic) bond motifs is 1. The van der Waals surface area contributed by atoms with Crippen LogP contribution in [0.3, 0.4) is 0 Å². The average molecular weight is 201 g/mol. The van der Waals surface area contributed by atoms with Gasteiger partial charge in [-0.1, -0.05) is 6.07 Å². The lowest BCUT2D eigenvalue weighted by Gasteiger charge is -2.08. The molecule has 15 heavy (non-hydrogen) atoms. The second-order valence-electron chi connectivity index (χ2n) is 4.79. The first-order valence-electron chi connectivity index (χ1n) is 5.42. The highest BCUT2D eigenvalue weighted by Crippen LogP contribution is 2.36. The van der Waals surface area contributed by atoms with Gasteiger partial charge in [-0.15, -0.1) is 0 Å². The van der Waals surface area contributed by atoms with E-state index in [1.807, 2.05) is 12.3 Å². The van der Waals surface area contributed by atoms with E-state index >= 15 is 0 Å². The largest absolute Gasteiger partial charge is 0.464 e. The normalized spacial score (nSPS) is 18.3. The maximum Gasteiger partial charge on any atom is 0.134 e. The van der Waals surface area contributed by atoms with Crippen LogP contribution in [-0.2, 0) is 6.42 Å². The molecule has 2 nitrogen and oxygen atoms in total. The zero-order valence-corrected chi connectivity index (χ0v) is 8.92. The van der Waals surface area contributed by atoms with Crippen molar-refractivity contribution in [3.8, 4) is 0 Å². The second kappa shape index (κ2) is 2.86. The molecule has 1 heterocycles. The van der Waals surface area contributed by atoms with Crippen molar-refractivity contribution in [2.24, 2.45) is 5.73 Å². The van der Waals surface area contributed by atoms with Gasteiger partial charge in [0.2, 0.25) is 0 Å². The maximum absolute atomic E-state index is 6.11. The van der Waals surface area contributed by atoms with Crippen molar-refractivity contribution >= 4 is 11.0 Å². The molecule has 0 aliphatic heterocycles. The number of benzene rings is 1. The van der Waals surface area contributed by atoms with Crippen LogP contribution in [0.4, 0.5) is 0 Å². The van der Waals surface area contributed by atoms with E-state index < -0.39 is 0 Å². The smallest absolute Gasteiger partial charge is 0.134 e. The molecule has 2 N–H and O–H groups in total. The van der Waals surface area contributed by atoms with E-state index in [9.17, 15) is 0 Å². The van der Waals surface area contributed by atoms with Gasteiger partial charge in [0.25, 0.3) is 0 Å². The van der Waals surface area contributed by atoms with Crippen LogP contribution in [0.25, 0.3) is 11.0 Å². The number of aryl methyl sites for hydroxylation is 1. The second-order valence-corrected chi connectivity index (χ2v) is 4.79. The van der Waals surface area contributed by atoms with E-state index in [2.05, 4.69) is 19.1 Å². The predicted octanol–water partition coefficient (Wildman–Crippen LogP) is 2.78. The van der Waals surface area contributed by atoms with Crippen LogP contribution in [0, 0.1) is 6.92 Å².